The molecule has 0 spiro atoms. The topological polar surface area (TPSA) is 12.0 Å². The maximum Gasteiger partial charge on any atom is 0.147 e. The van der Waals surface area contributed by atoms with E-state index in [-0.39, 0.29) is 5.82 Å². The van der Waals surface area contributed by atoms with Crippen LogP contribution in [0.5, 0.6) is 0 Å². The molecule has 0 aliphatic heterocycles. The molecule has 0 aromatic heterocycles. The summed E-state index contributed by atoms with van der Waals surface area (Å²) in [7, 11) is 0. The van der Waals surface area contributed by atoms with Crippen molar-refractivity contribution in [2.24, 2.45) is 0 Å². The van der Waals surface area contributed by atoms with Crippen LogP contribution in [0.25, 0.3) is 0 Å². The Hall–Kier alpha value is -0.770. The van der Waals surface area contributed by atoms with Crippen LogP contribution >= 0.6 is 39.1 Å². The minimum absolute atomic E-state index is 0.306. The Morgan fingerprint density at radius 3 is 2.61 bits per heavy atom. The summed E-state index contributed by atoms with van der Waals surface area (Å²) in [5.41, 5.74) is 1.28. The molecule has 0 aliphatic rings. The van der Waals surface area contributed by atoms with Gasteiger partial charge < -0.3 is 5.32 Å². The second-order valence-electron chi connectivity index (χ2n) is 3.69. The summed E-state index contributed by atoms with van der Waals surface area (Å²) in [6.45, 7) is 0.457. The molecule has 0 radical (unpaired) electrons. The van der Waals surface area contributed by atoms with Crippen LogP contribution in [0.15, 0.2) is 40.9 Å². The van der Waals surface area contributed by atoms with Gasteiger partial charge in [0.05, 0.1) is 10.7 Å². The standard InChI is InChI=1S/C13H9BrCl2FN/c14-10-6-9(15)5-4-8(10)7-18-13-11(16)2-1-3-12(13)17/h1-6,18H,7H2. The first-order valence-corrected chi connectivity index (χ1v) is 6.74. The van der Waals surface area contributed by atoms with Crippen molar-refractivity contribution in [1.82, 2.24) is 0 Å². The van der Waals surface area contributed by atoms with E-state index in [1.54, 1.807) is 24.3 Å². The Balaban J connectivity index is 2.16. The Bertz CT molecular complexity index is 555. The number of anilines is 1. The van der Waals surface area contributed by atoms with Crippen LogP contribution in [0.1, 0.15) is 5.56 Å². The van der Waals surface area contributed by atoms with E-state index in [4.69, 9.17) is 23.2 Å². The van der Waals surface area contributed by atoms with Crippen LogP contribution in [0.2, 0.25) is 10.0 Å². The van der Waals surface area contributed by atoms with E-state index < -0.39 is 0 Å². The lowest BCUT2D eigenvalue weighted by Gasteiger charge is -2.10. The van der Waals surface area contributed by atoms with Gasteiger partial charge in [0.15, 0.2) is 0 Å². The van der Waals surface area contributed by atoms with E-state index in [2.05, 4.69) is 21.2 Å². The highest BCUT2D eigenvalue weighted by molar-refractivity contribution is 9.10. The highest BCUT2D eigenvalue weighted by atomic mass is 79.9. The van der Waals surface area contributed by atoms with Gasteiger partial charge in [0.1, 0.15) is 5.82 Å². The Morgan fingerprint density at radius 2 is 1.94 bits per heavy atom. The maximum atomic E-state index is 13.5. The molecule has 1 nitrogen and oxygen atoms in total. The molecule has 0 saturated heterocycles. The van der Waals surface area contributed by atoms with E-state index in [0.29, 0.717) is 22.3 Å². The number of nitrogens with one attached hydrogen (secondary N) is 1. The van der Waals surface area contributed by atoms with Gasteiger partial charge in [0.2, 0.25) is 0 Å². The van der Waals surface area contributed by atoms with E-state index >= 15 is 0 Å². The molecule has 2 aromatic carbocycles. The SMILES string of the molecule is Fc1cccc(Cl)c1NCc1ccc(Cl)cc1Br. The van der Waals surface area contributed by atoms with Crippen molar-refractivity contribution in [1.29, 1.82) is 0 Å². The quantitative estimate of drug-likeness (QED) is 0.771. The molecule has 2 aromatic rings. The van der Waals surface area contributed by atoms with E-state index in [0.717, 1.165) is 10.0 Å². The summed E-state index contributed by atoms with van der Waals surface area (Å²) in [6.07, 6.45) is 0. The van der Waals surface area contributed by atoms with Gasteiger partial charge in [-0.15, -0.1) is 0 Å². The first-order valence-electron chi connectivity index (χ1n) is 5.20. The van der Waals surface area contributed by atoms with E-state index in [1.165, 1.54) is 6.07 Å². The fourth-order valence-electron chi connectivity index (χ4n) is 1.52. The van der Waals surface area contributed by atoms with Crippen molar-refractivity contribution in [3.05, 3.63) is 62.3 Å². The zero-order valence-corrected chi connectivity index (χ0v) is 12.3. The maximum absolute atomic E-state index is 13.5. The van der Waals surface area contributed by atoms with Gasteiger partial charge in [0, 0.05) is 16.0 Å². The number of hydrogen-bond donors (Lipinski definition) is 1. The highest BCUT2D eigenvalue weighted by Crippen LogP contribution is 2.27. The van der Waals surface area contributed by atoms with Crippen LogP contribution in [0, 0.1) is 5.82 Å². The zero-order valence-electron chi connectivity index (χ0n) is 9.18. The van der Waals surface area contributed by atoms with Gasteiger partial charge in [-0.3, -0.25) is 0 Å². The van der Waals surface area contributed by atoms with Gasteiger partial charge in [-0.2, -0.15) is 0 Å². The first kappa shape index (κ1) is 13.7. The lowest BCUT2D eigenvalue weighted by molar-refractivity contribution is 0.630. The zero-order chi connectivity index (χ0) is 13.1. The van der Waals surface area contributed by atoms with Crippen LogP contribution in [0.4, 0.5) is 10.1 Å². The Labute approximate surface area is 123 Å². The Kier molecular flexibility index (Phi) is 4.49. The molecule has 1 N–H and O–H groups in total. The lowest BCUT2D eigenvalue weighted by Crippen LogP contribution is -2.02. The van der Waals surface area contributed by atoms with Crippen LogP contribution in [-0.2, 0) is 6.54 Å². The fourth-order valence-corrected chi connectivity index (χ4v) is 2.57. The van der Waals surface area contributed by atoms with Gasteiger partial charge in [-0.1, -0.05) is 51.3 Å². The monoisotopic (exact) mass is 347 g/mol. The van der Waals surface area contributed by atoms with Crippen molar-refractivity contribution in [2.45, 2.75) is 6.54 Å². The second-order valence-corrected chi connectivity index (χ2v) is 5.38. The van der Waals surface area contributed by atoms with Gasteiger partial charge in [-0.25, -0.2) is 4.39 Å². The predicted molar refractivity (Wildman–Crippen MR) is 77.9 cm³/mol. The molecule has 0 unspecified atom stereocenters. The third-order valence-corrected chi connectivity index (χ3v) is 3.72. The van der Waals surface area contributed by atoms with Crippen LogP contribution in [0.3, 0.4) is 0 Å². The predicted octanol–water partition coefficient (Wildman–Crippen LogP) is 5.51. The molecule has 0 heterocycles. The minimum Gasteiger partial charge on any atom is -0.377 e. The number of para-hydroxylation sites is 1. The van der Waals surface area contributed by atoms with Crippen molar-refractivity contribution >= 4 is 44.8 Å². The van der Waals surface area contributed by atoms with E-state index in [1.807, 2.05) is 6.07 Å². The van der Waals surface area contributed by atoms with Crippen molar-refractivity contribution in [3.8, 4) is 0 Å². The molecule has 0 aliphatic carbocycles. The fraction of sp³-hybridized carbons (Fsp3) is 0.0769. The van der Waals surface area contributed by atoms with Gasteiger partial charge >= 0.3 is 0 Å². The summed E-state index contributed by atoms with van der Waals surface area (Å²) in [5, 5.41) is 3.99. The number of halogens is 4. The smallest absolute Gasteiger partial charge is 0.147 e. The van der Waals surface area contributed by atoms with Gasteiger partial charge in [0.25, 0.3) is 0 Å². The third kappa shape index (κ3) is 3.16. The molecule has 5 heteroatoms. The normalized spacial score (nSPS) is 10.4. The molecule has 0 atom stereocenters. The largest absolute Gasteiger partial charge is 0.377 e. The molecule has 94 valence electrons. The Morgan fingerprint density at radius 1 is 1.17 bits per heavy atom. The summed E-state index contributed by atoms with van der Waals surface area (Å²) in [4.78, 5) is 0. The average Bonchev–Trinajstić information content (AvgIpc) is 2.31. The van der Waals surface area contributed by atoms with Crippen molar-refractivity contribution in [2.75, 3.05) is 5.32 Å². The van der Waals surface area contributed by atoms with Crippen LogP contribution < -0.4 is 5.32 Å². The molecule has 18 heavy (non-hydrogen) atoms. The number of rotatable bonds is 3. The number of hydrogen-bond acceptors (Lipinski definition) is 1. The third-order valence-electron chi connectivity index (χ3n) is 2.43. The lowest BCUT2D eigenvalue weighted by atomic mass is 10.2. The molecule has 0 bridgehead atoms. The summed E-state index contributed by atoms with van der Waals surface area (Å²) < 4.78 is 14.4. The first-order chi connectivity index (χ1) is 8.58. The summed E-state index contributed by atoms with van der Waals surface area (Å²) in [5.74, 6) is -0.368. The average molecular weight is 349 g/mol. The summed E-state index contributed by atoms with van der Waals surface area (Å²) >= 11 is 15.2. The van der Waals surface area contributed by atoms with E-state index in [9.17, 15) is 4.39 Å². The summed E-state index contributed by atoms with van der Waals surface area (Å²) in [6, 6.07) is 10.0. The second kappa shape index (κ2) is 5.91. The molecular weight excluding hydrogens is 340 g/mol. The molecular formula is C13H9BrCl2FN. The molecule has 0 fully saturated rings. The minimum atomic E-state index is -0.368. The van der Waals surface area contributed by atoms with Crippen molar-refractivity contribution < 1.29 is 4.39 Å². The highest BCUT2D eigenvalue weighted by Gasteiger charge is 2.07. The van der Waals surface area contributed by atoms with Gasteiger partial charge in [-0.05, 0) is 29.8 Å². The molecule has 0 amide bonds. The molecule has 0 saturated carbocycles. The van der Waals surface area contributed by atoms with Crippen molar-refractivity contribution in [3.63, 3.8) is 0 Å². The number of benzene rings is 2. The molecule has 2 rings (SSSR count). The van der Waals surface area contributed by atoms with Crippen LogP contribution in [-0.4, -0.2) is 0 Å².